The molecular weight excluding hydrogens is 398 g/mol. The van der Waals surface area contributed by atoms with Crippen LogP contribution in [-0.4, -0.2) is 27.1 Å². The summed E-state index contributed by atoms with van der Waals surface area (Å²) >= 11 is 0. The molecule has 1 N–H and O–H groups in total. The summed E-state index contributed by atoms with van der Waals surface area (Å²) in [5, 5.41) is 1.81. The number of nitrogens with one attached hydrogen (secondary N) is 1. The summed E-state index contributed by atoms with van der Waals surface area (Å²) in [6.07, 6.45) is 1.79. The van der Waals surface area contributed by atoms with Gasteiger partial charge in [0.2, 0.25) is 10.0 Å². The summed E-state index contributed by atoms with van der Waals surface area (Å²) in [5.41, 5.74) is 6.95. The van der Waals surface area contributed by atoms with E-state index in [0.717, 1.165) is 16.8 Å². The highest BCUT2D eigenvalue weighted by molar-refractivity contribution is 7.92. The second-order valence-electron chi connectivity index (χ2n) is 7.28. The molecule has 0 aliphatic carbocycles. The number of hydrogen-bond acceptors (Lipinski definition) is 4. The molecule has 0 bridgehead atoms. The van der Waals surface area contributed by atoms with E-state index in [4.69, 9.17) is 0 Å². The number of benzene rings is 3. The third kappa shape index (κ3) is 4.31. The molecule has 0 saturated carbocycles. The Morgan fingerprint density at radius 1 is 1.00 bits per heavy atom. The van der Waals surface area contributed by atoms with Crippen LogP contribution >= 0.6 is 0 Å². The average Bonchev–Trinajstić information content (AvgIpc) is 3.18. The minimum atomic E-state index is -3.31. The van der Waals surface area contributed by atoms with E-state index in [9.17, 15) is 13.2 Å². The summed E-state index contributed by atoms with van der Waals surface area (Å²) in [7, 11) is -3.31. The van der Waals surface area contributed by atoms with Crippen LogP contribution in [0.5, 0.6) is 0 Å². The Hall–Kier alpha value is -3.32. The number of hydrazine groups is 1. The first-order chi connectivity index (χ1) is 14.4. The Bertz CT molecular complexity index is 1150. The number of para-hydroxylation sites is 1. The van der Waals surface area contributed by atoms with Gasteiger partial charge >= 0.3 is 0 Å². The van der Waals surface area contributed by atoms with Crippen molar-refractivity contribution in [3.05, 3.63) is 95.6 Å². The second kappa shape index (κ2) is 8.20. The van der Waals surface area contributed by atoms with E-state index in [1.807, 2.05) is 65.7 Å². The van der Waals surface area contributed by atoms with E-state index in [2.05, 4.69) is 5.43 Å². The van der Waals surface area contributed by atoms with Crippen LogP contribution in [0.1, 0.15) is 21.5 Å². The molecule has 1 aliphatic heterocycles. The van der Waals surface area contributed by atoms with Gasteiger partial charge in [0.15, 0.2) is 0 Å². The molecule has 3 aromatic carbocycles. The van der Waals surface area contributed by atoms with Crippen molar-refractivity contribution >= 4 is 27.3 Å². The molecule has 0 spiro atoms. The van der Waals surface area contributed by atoms with E-state index >= 15 is 0 Å². The number of amides is 1. The summed E-state index contributed by atoms with van der Waals surface area (Å²) < 4.78 is 25.2. The third-order valence-corrected chi connectivity index (χ3v) is 6.26. The Kier molecular flexibility index (Phi) is 5.46. The number of rotatable bonds is 6. The van der Waals surface area contributed by atoms with Crippen LogP contribution in [0.15, 0.2) is 78.9 Å². The maximum absolute atomic E-state index is 13.0. The normalized spacial score (nSPS) is 13.0. The Morgan fingerprint density at radius 2 is 1.67 bits per heavy atom. The summed E-state index contributed by atoms with van der Waals surface area (Å²) in [5.74, 6) is -0.240. The lowest BCUT2D eigenvalue weighted by Gasteiger charge is -2.26. The summed E-state index contributed by atoms with van der Waals surface area (Å²) in [6, 6.07) is 24.7. The van der Waals surface area contributed by atoms with Crippen molar-refractivity contribution in [2.75, 3.05) is 22.1 Å². The number of fused-ring (bicyclic) bond motifs is 1. The number of hydrogen-bond donors (Lipinski definition) is 1. The molecule has 0 radical (unpaired) electrons. The van der Waals surface area contributed by atoms with Crippen molar-refractivity contribution in [2.24, 2.45) is 0 Å². The first kappa shape index (κ1) is 20.0. The summed E-state index contributed by atoms with van der Waals surface area (Å²) in [6.45, 7) is 0.923. The van der Waals surface area contributed by atoms with E-state index < -0.39 is 10.0 Å². The molecule has 4 rings (SSSR count). The van der Waals surface area contributed by atoms with Gasteiger partial charge in [-0.3, -0.25) is 19.5 Å². The third-order valence-electron chi connectivity index (χ3n) is 5.08. The standard InChI is InChI=1S/C23H23N3O3S/c1-30(28,29)26-15-14-19-16-20(12-13-22(19)26)23(27)24-25(21-10-6-3-7-11-21)17-18-8-4-2-5-9-18/h2-13,16H,14-15,17H2,1H3,(H,24,27). The molecule has 0 fully saturated rings. The zero-order valence-corrected chi connectivity index (χ0v) is 17.5. The largest absolute Gasteiger partial charge is 0.281 e. The number of sulfonamides is 1. The van der Waals surface area contributed by atoms with Gasteiger partial charge in [-0.05, 0) is 47.9 Å². The van der Waals surface area contributed by atoms with Gasteiger partial charge in [-0.2, -0.15) is 0 Å². The molecule has 0 atom stereocenters. The van der Waals surface area contributed by atoms with E-state index in [1.54, 1.807) is 18.2 Å². The van der Waals surface area contributed by atoms with Crippen LogP contribution < -0.4 is 14.7 Å². The maximum Gasteiger partial charge on any atom is 0.269 e. The van der Waals surface area contributed by atoms with Crippen LogP contribution in [0.25, 0.3) is 0 Å². The molecule has 1 amide bonds. The fourth-order valence-electron chi connectivity index (χ4n) is 3.61. The molecule has 0 aromatic heterocycles. The molecular formula is C23H23N3O3S. The molecule has 1 heterocycles. The lowest BCUT2D eigenvalue weighted by atomic mass is 10.1. The van der Waals surface area contributed by atoms with E-state index in [1.165, 1.54) is 10.6 Å². The fraction of sp³-hybridized carbons (Fsp3) is 0.174. The first-order valence-electron chi connectivity index (χ1n) is 9.70. The SMILES string of the molecule is CS(=O)(=O)N1CCc2cc(C(=O)NN(Cc3ccccc3)c3ccccc3)ccc21. The molecule has 0 saturated heterocycles. The van der Waals surface area contributed by atoms with Gasteiger partial charge in [0.05, 0.1) is 24.2 Å². The zero-order valence-electron chi connectivity index (χ0n) is 16.7. The minimum absolute atomic E-state index is 0.240. The molecule has 0 unspecified atom stereocenters. The Morgan fingerprint density at radius 3 is 2.33 bits per heavy atom. The molecule has 3 aromatic rings. The maximum atomic E-state index is 13.0. The van der Waals surface area contributed by atoms with Gasteiger partial charge in [0.25, 0.3) is 5.91 Å². The number of carbonyl (C=O) groups is 1. The van der Waals surface area contributed by atoms with Crippen molar-refractivity contribution in [1.82, 2.24) is 5.43 Å². The van der Waals surface area contributed by atoms with E-state index in [-0.39, 0.29) is 5.91 Å². The predicted molar refractivity (Wildman–Crippen MR) is 119 cm³/mol. The Balaban J connectivity index is 1.57. The van der Waals surface area contributed by atoms with Gasteiger partial charge < -0.3 is 0 Å². The molecule has 6 nitrogen and oxygen atoms in total. The zero-order chi connectivity index (χ0) is 21.1. The van der Waals surface area contributed by atoms with Crippen LogP contribution in [0, 0.1) is 0 Å². The molecule has 1 aliphatic rings. The lowest BCUT2D eigenvalue weighted by molar-refractivity contribution is 0.0948. The topological polar surface area (TPSA) is 69.7 Å². The van der Waals surface area contributed by atoms with Gasteiger partial charge in [-0.15, -0.1) is 0 Å². The van der Waals surface area contributed by atoms with Crippen molar-refractivity contribution < 1.29 is 13.2 Å². The number of anilines is 2. The second-order valence-corrected chi connectivity index (χ2v) is 9.18. The number of carbonyl (C=O) groups excluding carboxylic acids is 1. The Labute approximate surface area is 176 Å². The van der Waals surface area contributed by atoms with Crippen molar-refractivity contribution in [3.63, 3.8) is 0 Å². The average molecular weight is 422 g/mol. The minimum Gasteiger partial charge on any atom is -0.281 e. The molecule has 30 heavy (non-hydrogen) atoms. The van der Waals surface area contributed by atoms with Gasteiger partial charge in [-0.1, -0.05) is 48.5 Å². The lowest BCUT2D eigenvalue weighted by Crippen LogP contribution is -2.42. The van der Waals surface area contributed by atoms with Crippen LogP contribution in [0.3, 0.4) is 0 Å². The van der Waals surface area contributed by atoms with Gasteiger partial charge in [-0.25, -0.2) is 8.42 Å². The van der Waals surface area contributed by atoms with Gasteiger partial charge in [0.1, 0.15) is 0 Å². The smallest absolute Gasteiger partial charge is 0.269 e. The predicted octanol–water partition coefficient (Wildman–Crippen LogP) is 3.36. The molecule has 7 heteroatoms. The number of nitrogens with zero attached hydrogens (tertiary/aromatic N) is 2. The van der Waals surface area contributed by atoms with Crippen LogP contribution in [0.4, 0.5) is 11.4 Å². The van der Waals surface area contributed by atoms with Crippen LogP contribution in [0.2, 0.25) is 0 Å². The summed E-state index contributed by atoms with van der Waals surface area (Å²) in [4.78, 5) is 13.0. The highest BCUT2D eigenvalue weighted by Gasteiger charge is 2.27. The first-order valence-corrected chi connectivity index (χ1v) is 11.5. The monoisotopic (exact) mass is 421 g/mol. The fourth-order valence-corrected chi connectivity index (χ4v) is 4.57. The van der Waals surface area contributed by atoms with Gasteiger partial charge in [0, 0.05) is 12.1 Å². The highest BCUT2D eigenvalue weighted by Crippen LogP contribution is 2.30. The van der Waals surface area contributed by atoms with Crippen molar-refractivity contribution in [3.8, 4) is 0 Å². The molecule has 154 valence electrons. The van der Waals surface area contributed by atoms with Crippen LogP contribution in [-0.2, 0) is 23.0 Å². The van der Waals surface area contributed by atoms with E-state index in [0.29, 0.717) is 30.8 Å². The highest BCUT2D eigenvalue weighted by atomic mass is 32.2. The van der Waals surface area contributed by atoms with Crippen molar-refractivity contribution in [2.45, 2.75) is 13.0 Å². The quantitative estimate of drug-likeness (QED) is 0.620. The van der Waals surface area contributed by atoms with Crippen molar-refractivity contribution in [1.29, 1.82) is 0 Å².